The largest absolute Gasteiger partial charge is 0.478 e. The van der Waals surface area contributed by atoms with Crippen molar-refractivity contribution < 1.29 is 24.2 Å². The zero-order valence-corrected chi connectivity index (χ0v) is 8.26. The summed E-state index contributed by atoms with van der Waals surface area (Å²) in [7, 11) is 1.17. The molecule has 0 amide bonds. The van der Waals surface area contributed by atoms with Gasteiger partial charge in [-0.3, -0.25) is 0 Å². The summed E-state index contributed by atoms with van der Waals surface area (Å²) in [4.78, 5) is 35.3. The Labute approximate surface area is 90.2 Å². The summed E-state index contributed by atoms with van der Waals surface area (Å²) in [6.07, 6.45) is 1.24. The number of nitrogens with zero attached hydrogens (tertiary/aromatic N) is 1. The fraction of sp³-hybridized carbons (Fsp3) is 0.100. The molecule has 82 valence electrons. The molecule has 0 fully saturated rings. The van der Waals surface area contributed by atoms with Crippen molar-refractivity contribution in [1.82, 2.24) is 0 Å². The van der Waals surface area contributed by atoms with E-state index in [1.165, 1.54) is 25.3 Å². The maximum Gasteiger partial charge on any atom is 0.340 e. The Hall–Kier alpha value is -2.46. The van der Waals surface area contributed by atoms with E-state index in [2.05, 4.69) is 9.73 Å². The van der Waals surface area contributed by atoms with Gasteiger partial charge in [-0.15, -0.1) is 0 Å². The van der Waals surface area contributed by atoms with E-state index in [-0.39, 0.29) is 16.8 Å². The number of aliphatic imine (C=N–C) groups is 1. The van der Waals surface area contributed by atoms with Crippen LogP contribution in [0.1, 0.15) is 20.7 Å². The molecule has 0 saturated carbocycles. The van der Waals surface area contributed by atoms with Crippen LogP contribution in [0, 0.1) is 0 Å². The van der Waals surface area contributed by atoms with Crippen LogP contribution in [0.3, 0.4) is 0 Å². The highest BCUT2D eigenvalue weighted by molar-refractivity contribution is 5.98. The number of esters is 1. The first-order valence-corrected chi connectivity index (χ1v) is 4.13. The van der Waals surface area contributed by atoms with Gasteiger partial charge in [0.05, 0.1) is 23.9 Å². The lowest BCUT2D eigenvalue weighted by Crippen LogP contribution is -2.03. The van der Waals surface area contributed by atoms with E-state index in [0.717, 1.165) is 6.07 Å². The van der Waals surface area contributed by atoms with Gasteiger partial charge < -0.3 is 9.84 Å². The molecule has 0 bridgehead atoms. The molecular weight excluding hydrogens is 214 g/mol. The number of ether oxygens (including phenoxy) is 1. The molecule has 0 aliphatic carbocycles. The SMILES string of the molecule is COC(=O)c1ccc(C(=O)O)cc1N=C=O. The Morgan fingerprint density at radius 1 is 1.44 bits per heavy atom. The number of carboxylic acids is 1. The first-order valence-electron chi connectivity index (χ1n) is 4.13. The molecule has 0 atom stereocenters. The molecule has 1 N–H and O–H groups in total. The molecule has 0 aliphatic rings. The quantitative estimate of drug-likeness (QED) is 0.469. The molecule has 0 heterocycles. The molecule has 16 heavy (non-hydrogen) atoms. The second-order valence-corrected chi connectivity index (χ2v) is 2.73. The Morgan fingerprint density at radius 2 is 2.12 bits per heavy atom. The van der Waals surface area contributed by atoms with Gasteiger partial charge in [0.25, 0.3) is 0 Å². The smallest absolute Gasteiger partial charge is 0.340 e. The summed E-state index contributed by atoms with van der Waals surface area (Å²) in [5.74, 6) is -1.88. The number of carbonyl (C=O) groups is 2. The minimum atomic E-state index is -1.18. The topological polar surface area (TPSA) is 93.0 Å². The van der Waals surface area contributed by atoms with E-state index in [0.29, 0.717) is 0 Å². The van der Waals surface area contributed by atoms with Crippen molar-refractivity contribution in [3.05, 3.63) is 29.3 Å². The maximum atomic E-state index is 11.2. The monoisotopic (exact) mass is 221 g/mol. The Bertz CT molecular complexity index is 488. The summed E-state index contributed by atoms with van der Waals surface area (Å²) in [6, 6.07) is 3.54. The number of hydrogen-bond donors (Lipinski definition) is 1. The molecule has 0 spiro atoms. The summed E-state index contributed by atoms with van der Waals surface area (Å²) < 4.78 is 4.45. The molecule has 6 nitrogen and oxygen atoms in total. The van der Waals surface area contributed by atoms with Gasteiger partial charge in [-0.1, -0.05) is 0 Å². The van der Waals surface area contributed by atoms with Crippen molar-refractivity contribution in [2.24, 2.45) is 4.99 Å². The second-order valence-electron chi connectivity index (χ2n) is 2.73. The highest BCUT2D eigenvalue weighted by atomic mass is 16.5. The lowest BCUT2D eigenvalue weighted by molar-refractivity contribution is 0.0599. The molecule has 0 aliphatic heterocycles. The zero-order chi connectivity index (χ0) is 12.1. The van der Waals surface area contributed by atoms with Crippen LogP contribution in [-0.2, 0) is 9.53 Å². The van der Waals surface area contributed by atoms with Gasteiger partial charge in [0.1, 0.15) is 0 Å². The Kier molecular flexibility index (Phi) is 3.53. The fourth-order valence-electron chi connectivity index (χ4n) is 1.09. The first kappa shape index (κ1) is 11.6. The van der Waals surface area contributed by atoms with Gasteiger partial charge in [-0.25, -0.2) is 14.4 Å². The lowest BCUT2D eigenvalue weighted by atomic mass is 10.1. The highest BCUT2D eigenvalue weighted by Gasteiger charge is 2.14. The van der Waals surface area contributed by atoms with Crippen LogP contribution >= 0.6 is 0 Å². The minimum Gasteiger partial charge on any atom is -0.478 e. The number of hydrogen-bond acceptors (Lipinski definition) is 5. The second kappa shape index (κ2) is 4.86. The van der Waals surface area contributed by atoms with E-state index < -0.39 is 11.9 Å². The van der Waals surface area contributed by atoms with Gasteiger partial charge in [-0.2, -0.15) is 4.99 Å². The summed E-state index contributed by atoms with van der Waals surface area (Å²) in [5.41, 5.74) is -0.153. The van der Waals surface area contributed by atoms with E-state index in [9.17, 15) is 14.4 Å². The normalized spacial score (nSPS) is 9.06. The van der Waals surface area contributed by atoms with Crippen LogP contribution in [-0.4, -0.2) is 30.2 Å². The Morgan fingerprint density at radius 3 is 2.62 bits per heavy atom. The number of isocyanates is 1. The van der Waals surface area contributed by atoms with Gasteiger partial charge in [0.15, 0.2) is 0 Å². The van der Waals surface area contributed by atoms with Crippen molar-refractivity contribution in [3.63, 3.8) is 0 Å². The van der Waals surface area contributed by atoms with Crippen LogP contribution in [0.15, 0.2) is 23.2 Å². The van der Waals surface area contributed by atoms with Crippen molar-refractivity contribution in [1.29, 1.82) is 0 Å². The van der Waals surface area contributed by atoms with Gasteiger partial charge in [0, 0.05) is 0 Å². The zero-order valence-electron chi connectivity index (χ0n) is 8.26. The molecule has 1 aromatic carbocycles. The lowest BCUT2D eigenvalue weighted by Gasteiger charge is -2.03. The average molecular weight is 221 g/mol. The molecule has 0 unspecified atom stereocenters. The minimum absolute atomic E-state index is 0.0100. The summed E-state index contributed by atoms with van der Waals surface area (Å²) >= 11 is 0. The van der Waals surface area contributed by atoms with Crippen LogP contribution in [0.2, 0.25) is 0 Å². The van der Waals surface area contributed by atoms with Crippen LogP contribution < -0.4 is 0 Å². The molecule has 0 aromatic heterocycles. The first-order chi connectivity index (χ1) is 7.60. The molecule has 6 heteroatoms. The molecule has 1 aromatic rings. The summed E-state index contributed by atoms with van der Waals surface area (Å²) in [6.45, 7) is 0. The number of rotatable bonds is 3. The third-order valence-electron chi connectivity index (χ3n) is 1.82. The van der Waals surface area contributed by atoms with E-state index in [4.69, 9.17) is 5.11 Å². The van der Waals surface area contributed by atoms with Crippen molar-refractivity contribution in [2.45, 2.75) is 0 Å². The summed E-state index contributed by atoms with van der Waals surface area (Å²) in [5, 5.41) is 8.71. The highest BCUT2D eigenvalue weighted by Crippen LogP contribution is 2.21. The predicted octanol–water partition coefficient (Wildman–Crippen LogP) is 1.14. The van der Waals surface area contributed by atoms with Crippen molar-refractivity contribution in [2.75, 3.05) is 7.11 Å². The van der Waals surface area contributed by atoms with Gasteiger partial charge in [-0.05, 0) is 18.2 Å². The number of aromatic carboxylic acids is 1. The molecule has 0 saturated heterocycles. The van der Waals surface area contributed by atoms with E-state index in [1.807, 2.05) is 0 Å². The van der Waals surface area contributed by atoms with E-state index >= 15 is 0 Å². The van der Waals surface area contributed by atoms with Crippen molar-refractivity contribution >= 4 is 23.7 Å². The molecule has 0 radical (unpaired) electrons. The number of methoxy groups -OCH3 is 1. The predicted molar refractivity (Wildman–Crippen MR) is 52.5 cm³/mol. The van der Waals surface area contributed by atoms with Crippen LogP contribution in [0.5, 0.6) is 0 Å². The van der Waals surface area contributed by atoms with Crippen LogP contribution in [0.25, 0.3) is 0 Å². The Balaban J connectivity index is 3.35. The maximum absolute atomic E-state index is 11.2. The van der Waals surface area contributed by atoms with Gasteiger partial charge >= 0.3 is 11.9 Å². The fourth-order valence-corrected chi connectivity index (χ4v) is 1.09. The number of benzene rings is 1. The van der Waals surface area contributed by atoms with Crippen LogP contribution in [0.4, 0.5) is 5.69 Å². The standard InChI is InChI=1S/C10H7NO5/c1-16-10(15)7-3-2-6(9(13)14)4-8(7)11-5-12/h2-4H,1H3,(H,13,14). The van der Waals surface area contributed by atoms with Gasteiger partial charge in [0.2, 0.25) is 6.08 Å². The molecular formula is C10H7NO5. The van der Waals surface area contributed by atoms with E-state index in [1.54, 1.807) is 0 Å². The van der Waals surface area contributed by atoms with Crippen molar-refractivity contribution in [3.8, 4) is 0 Å². The third kappa shape index (κ3) is 2.31. The number of carbonyl (C=O) groups excluding carboxylic acids is 2. The average Bonchev–Trinajstić information content (AvgIpc) is 2.28. The number of carboxylic acid groups (broad SMARTS) is 1. The third-order valence-corrected chi connectivity index (χ3v) is 1.82. The molecule has 1 rings (SSSR count).